The number of urea groups is 1. The molecule has 3 aliphatic rings. The van der Waals surface area contributed by atoms with Crippen molar-refractivity contribution in [1.82, 2.24) is 10.2 Å². The maximum absolute atomic E-state index is 13.1. The van der Waals surface area contributed by atoms with Gasteiger partial charge in [0.15, 0.2) is 0 Å². The van der Waals surface area contributed by atoms with Crippen LogP contribution in [0.15, 0.2) is 0 Å². The van der Waals surface area contributed by atoms with Crippen molar-refractivity contribution in [2.24, 2.45) is 17.3 Å². The molecule has 0 aromatic rings. The quantitative estimate of drug-likeness (QED) is 0.788. The van der Waals surface area contributed by atoms with Crippen molar-refractivity contribution in [3.63, 3.8) is 0 Å². The van der Waals surface area contributed by atoms with E-state index in [0.29, 0.717) is 13.2 Å². The first-order valence-electron chi connectivity index (χ1n) is 8.66. The predicted molar refractivity (Wildman–Crippen MR) is 80.9 cm³/mol. The third-order valence-corrected chi connectivity index (χ3v) is 6.04. The third kappa shape index (κ3) is 3.56. The van der Waals surface area contributed by atoms with E-state index in [4.69, 9.17) is 9.84 Å². The minimum absolute atomic E-state index is 0.0384. The largest absolute Gasteiger partial charge is 0.481 e. The standard InChI is InChI=1S/C16H23F3N2O4/c17-16(18,19)11-9-21(8-10(11)13(22)23)14(24)20-12-2-1-3-15(12)4-6-25-7-5-15/h10-12H,1-9H2,(H,20,24)(H,22,23)/t10-,11-,12?/m1/s1. The Balaban J connectivity index is 1.66. The van der Waals surface area contributed by atoms with E-state index in [1.807, 2.05) is 0 Å². The number of amides is 2. The van der Waals surface area contributed by atoms with E-state index >= 15 is 0 Å². The van der Waals surface area contributed by atoms with Crippen LogP contribution in [-0.4, -0.2) is 60.5 Å². The van der Waals surface area contributed by atoms with Crippen molar-refractivity contribution in [3.05, 3.63) is 0 Å². The molecule has 1 spiro atoms. The fraction of sp³-hybridized carbons (Fsp3) is 0.875. The van der Waals surface area contributed by atoms with E-state index in [1.54, 1.807) is 0 Å². The molecular formula is C16H23F3N2O4. The van der Waals surface area contributed by atoms with Gasteiger partial charge in [-0.2, -0.15) is 13.2 Å². The highest BCUT2D eigenvalue weighted by atomic mass is 19.4. The van der Waals surface area contributed by atoms with E-state index in [1.165, 1.54) is 0 Å². The van der Waals surface area contributed by atoms with Crippen LogP contribution < -0.4 is 5.32 Å². The minimum Gasteiger partial charge on any atom is -0.481 e. The molecule has 1 unspecified atom stereocenters. The second-order valence-corrected chi connectivity index (χ2v) is 7.37. The topological polar surface area (TPSA) is 78.9 Å². The number of nitrogens with one attached hydrogen (secondary N) is 1. The van der Waals surface area contributed by atoms with E-state index < -0.39 is 43.1 Å². The summed E-state index contributed by atoms with van der Waals surface area (Å²) in [5.41, 5.74) is -0.0384. The molecule has 3 atom stereocenters. The second kappa shape index (κ2) is 6.66. The van der Waals surface area contributed by atoms with E-state index in [-0.39, 0.29) is 11.5 Å². The molecule has 3 rings (SSSR count). The molecule has 2 N–H and O–H groups in total. The van der Waals surface area contributed by atoms with Crippen LogP contribution >= 0.6 is 0 Å². The lowest BCUT2D eigenvalue weighted by molar-refractivity contribution is -0.187. The van der Waals surface area contributed by atoms with Gasteiger partial charge in [-0.15, -0.1) is 0 Å². The van der Waals surface area contributed by atoms with Gasteiger partial charge in [-0.25, -0.2) is 4.79 Å². The average Bonchev–Trinajstić information content (AvgIpc) is 3.14. The zero-order chi connectivity index (χ0) is 18.2. The molecule has 6 nitrogen and oxygen atoms in total. The molecular weight excluding hydrogens is 341 g/mol. The van der Waals surface area contributed by atoms with Gasteiger partial charge in [0.1, 0.15) is 0 Å². The minimum atomic E-state index is -4.63. The highest BCUT2D eigenvalue weighted by Crippen LogP contribution is 2.46. The Labute approximate surface area is 143 Å². The lowest BCUT2D eigenvalue weighted by atomic mass is 9.75. The molecule has 0 bridgehead atoms. The molecule has 2 heterocycles. The van der Waals surface area contributed by atoms with Gasteiger partial charge in [-0.05, 0) is 31.1 Å². The molecule has 1 saturated carbocycles. The van der Waals surface area contributed by atoms with Crippen molar-refractivity contribution < 1.29 is 32.6 Å². The molecule has 9 heteroatoms. The highest BCUT2D eigenvalue weighted by Gasteiger charge is 2.54. The van der Waals surface area contributed by atoms with E-state index in [9.17, 15) is 22.8 Å². The summed E-state index contributed by atoms with van der Waals surface area (Å²) in [7, 11) is 0. The van der Waals surface area contributed by atoms with Gasteiger partial charge < -0.3 is 20.1 Å². The lowest BCUT2D eigenvalue weighted by Gasteiger charge is -2.39. The summed E-state index contributed by atoms with van der Waals surface area (Å²) in [6.45, 7) is 0.254. The first kappa shape index (κ1) is 18.3. The number of carboxylic acid groups (broad SMARTS) is 1. The summed E-state index contributed by atoms with van der Waals surface area (Å²) >= 11 is 0. The van der Waals surface area contributed by atoms with Crippen LogP contribution in [0, 0.1) is 17.3 Å². The van der Waals surface area contributed by atoms with Crippen LogP contribution in [0.2, 0.25) is 0 Å². The van der Waals surface area contributed by atoms with Crippen molar-refractivity contribution in [3.8, 4) is 0 Å². The number of halogens is 3. The predicted octanol–water partition coefficient (Wildman–Crippen LogP) is 2.24. The SMILES string of the molecule is O=C(O)[C@@H]1CN(C(=O)NC2CCCC23CCOCC3)C[C@H]1C(F)(F)F. The van der Waals surface area contributed by atoms with Crippen LogP contribution in [0.5, 0.6) is 0 Å². The monoisotopic (exact) mass is 364 g/mol. The van der Waals surface area contributed by atoms with Crippen LogP contribution in [0.25, 0.3) is 0 Å². The van der Waals surface area contributed by atoms with E-state index in [2.05, 4.69) is 5.32 Å². The third-order valence-electron chi connectivity index (χ3n) is 6.04. The Bertz CT molecular complexity index is 534. The first-order valence-corrected chi connectivity index (χ1v) is 8.66. The second-order valence-electron chi connectivity index (χ2n) is 7.37. The number of carbonyl (C=O) groups is 2. The fourth-order valence-electron chi connectivity index (χ4n) is 4.53. The van der Waals surface area contributed by atoms with Crippen molar-refractivity contribution >= 4 is 12.0 Å². The van der Waals surface area contributed by atoms with Crippen LogP contribution in [0.1, 0.15) is 32.1 Å². The molecule has 0 radical (unpaired) electrons. The van der Waals surface area contributed by atoms with Crippen LogP contribution in [0.4, 0.5) is 18.0 Å². The summed E-state index contributed by atoms with van der Waals surface area (Å²) in [6.07, 6.45) is -0.224. The zero-order valence-corrected chi connectivity index (χ0v) is 13.8. The Kier molecular flexibility index (Phi) is 4.87. The van der Waals surface area contributed by atoms with Gasteiger partial charge in [0.2, 0.25) is 0 Å². The fourth-order valence-corrected chi connectivity index (χ4v) is 4.53. The molecule has 2 amide bonds. The number of hydrogen-bond donors (Lipinski definition) is 2. The summed E-state index contributed by atoms with van der Waals surface area (Å²) in [4.78, 5) is 24.6. The Morgan fingerprint density at radius 3 is 2.40 bits per heavy atom. The smallest absolute Gasteiger partial charge is 0.394 e. The summed E-state index contributed by atoms with van der Waals surface area (Å²) in [5, 5.41) is 11.9. The van der Waals surface area contributed by atoms with Gasteiger partial charge in [0.05, 0.1) is 11.8 Å². The van der Waals surface area contributed by atoms with Gasteiger partial charge >= 0.3 is 18.2 Å². The van der Waals surface area contributed by atoms with Crippen LogP contribution in [0.3, 0.4) is 0 Å². The van der Waals surface area contributed by atoms with Gasteiger partial charge in [0, 0.05) is 32.3 Å². The number of likely N-dealkylation sites (tertiary alicyclic amines) is 1. The normalized spacial score (nSPS) is 32.1. The Morgan fingerprint density at radius 1 is 1.16 bits per heavy atom. The number of hydrogen-bond acceptors (Lipinski definition) is 3. The van der Waals surface area contributed by atoms with Gasteiger partial charge in [-0.1, -0.05) is 6.42 Å². The molecule has 0 aromatic carbocycles. The van der Waals surface area contributed by atoms with Crippen molar-refractivity contribution in [2.45, 2.75) is 44.3 Å². The maximum Gasteiger partial charge on any atom is 0.394 e. The number of rotatable bonds is 2. The average molecular weight is 364 g/mol. The Hall–Kier alpha value is -1.51. The van der Waals surface area contributed by atoms with Gasteiger partial charge in [-0.3, -0.25) is 4.79 Å². The Morgan fingerprint density at radius 2 is 1.84 bits per heavy atom. The number of alkyl halides is 3. The van der Waals surface area contributed by atoms with E-state index in [0.717, 1.165) is 37.0 Å². The summed E-state index contributed by atoms with van der Waals surface area (Å²) < 4.78 is 44.6. The number of nitrogens with zero attached hydrogens (tertiary/aromatic N) is 1. The van der Waals surface area contributed by atoms with Crippen molar-refractivity contribution in [1.29, 1.82) is 0 Å². The number of ether oxygens (including phenoxy) is 1. The summed E-state index contributed by atoms with van der Waals surface area (Å²) in [6, 6.07) is -0.673. The van der Waals surface area contributed by atoms with Crippen LogP contribution in [-0.2, 0) is 9.53 Å². The van der Waals surface area contributed by atoms with Gasteiger partial charge in [0.25, 0.3) is 0 Å². The molecule has 0 aromatic heterocycles. The molecule has 2 saturated heterocycles. The lowest BCUT2D eigenvalue weighted by Crippen LogP contribution is -2.51. The number of carbonyl (C=O) groups excluding carboxylic acids is 1. The zero-order valence-electron chi connectivity index (χ0n) is 13.8. The molecule has 3 fully saturated rings. The molecule has 2 aliphatic heterocycles. The number of carboxylic acids is 1. The van der Waals surface area contributed by atoms with Crippen molar-refractivity contribution in [2.75, 3.05) is 26.3 Å². The summed E-state index contributed by atoms with van der Waals surface area (Å²) in [5.74, 6) is -5.14. The number of aliphatic carboxylic acids is 1. The maximum atomic E-state index is 13.1. The first-order chi connectivity index (χ1) is 11.7. The highest BCUT2D eigenvalue weighted by molar-refractivity contribution is 5.78. The molecule has 25 heavy (non-hydrogen) atoms. The molecule has 1 aliphatic carbocycles. The molecule has 142 valence electrons.